The Hall–Kier alpha value is -1.99. The van der Waals surface area contributed by atoms with Crippen molar-refractivity contribution < 1.29 is 14.7 Å². The monoisotopic (exact) mass is 283 g/mol. The molecule has 0 aliphatic heterocycles. The van der Waals surface area contributed by atoms with Crippen molar-refractivity contribution in [3.63, 3.8) is 0 Å². The fourth-order valence-corrected chi connectivity index (χ4v) is 2.05. The van der Waals surface area contributed by atoms with Crippen molar-refractivity contribution in [3.8, 4) is 0 Å². The Morgan fingerprint density at radius 1 is 1.28 bits per heavy atom. The van der Waals surface area contributed by atoms with E-state index >= 15 is 0 Å². The number of carboxylic acid groups (broad SMARTS) is 1. The molecule has 0 unspecified atom stereocenters. The third kappa shape index (κ3) is 2.63. The Kier molecular flexibility index (Phi) is 3.54. The van der Waals surface area contributed by atoms with E-state index in [2.05, 4.69) is 15.5 Å². The number of aromatic nitrogens is 2. The predicted octanol–water partition coefficient (Wildman–Crippen LogP) is 2.14. The molecule has 0 aliphatic rings. The molecule has 8 heteroatoms. The van der Waals surface area contributed by atoms with Gasteiger partial charge in [-0.1, -0.05) is 11.6 Å². The van der Waals surface area contributed by atoms with Crippen LogP contribution in [0.1, 0.15) is 20.8 Å². The largest absolute Gasteiger partial charge is 0.478 e. The highest BCUT2D eigenvalue weighted by Gasteiger charge is 2.15. The molecule has 0 aliphatic carbocycles. The molecule has 6 nitrogen and oxygen atoms in total. The van der Waals surface area contributed by atoms with E-state index in [4.69, 9.17) is 16.7 Å². The molecule has 1 amide bonds. The van der Waals surface area contributed by atoms with E-state index in [-0.39, 0.29) is 21.4 Å². The van der Waals surface area contributed by atoms with Crippen LogP contribution in [-0.4, -0.2) is 27.2 Å². The summed E-state index contributed by atoms with van der Waals surface area (Å²) in [5, 5.41) is 20.5. The number of carbonyl (C=O) groups is 2. The van der Waals surface area contributed by atoms with Crippen LogP contribution in [0.3, 0.4) is 0 Å². The molecule has 0 radical (unpaired) electrons. The van der Waals surface area contributed by atoms with Crippen molar-refractivity contribution >= 4 is 39.8 Å². The van der Waals surface area contributed by atoms with Gasteiger partial charge in [0.1, 0.15) is 5.00 Å². The summed E-state index contributed by atoms with van der Waals surface area (Å²) >= 11 is 6.66. The zero-order chi connectivity index (χ0) is 13.1. The van der Waals surface area contributed by atoms with Crippen molar-refractivity contribution in [2.75, 3.05) is 5.32 Å². The number of thiophene rings is 1. The highest BCUT2D eigenvalue weighted by Crippen LogP contribution is 2.23. The van der Waals surface area contributed by atoms with E-state index in [0.717, 1.165) is 11.3 Å². The normalized spacial score (nSPS) is 10.1. The van der Waals surface area contributed by atoms with Crippen LogP contribution in [0, 0.1) is 0 Å². The smallest absolute Gasteiger partial charge is 0.338 e. The van der Waals surface area contributed by atoms with Crippen LogP contribution in [0.25, 0.3) is 0 Å². The first-order chi connectivity index (χ1) is 8.58. The van der Waals surface area contributed by atoms with Crippen molar-refractivity contribution in [3.05, 3.63) is 40.0 Å². The number of anilines is 1. The predicted molar refractivity (Wildman–Crippen MR) is 66.3 cm³/mol. The van der Waals surface area contributed by atoms with Gasteiger partial charge in [-0.15, -0.1) is 21.5 Å². The minimum Gasteiger partial charge on any atom is -0.478 e. The standard InChI is InChI=1S/C10H6ClN3O3S/c11-7-2-1-6(13-14-7)8(15)12-9-5(10(16)17)3-4-18-9/h1-4H,(H,12,15)(H,16,17). The van der Waals surface area contributed by atoms with Gasteiger partial charge >= 0.3 is 5.97 Å². The molecule has 18 heavy (non-hydrogen) atoms. The van der Waals surface area contributed by atoms with Gasteiger partial charge in [0.15, 0.2) is 10.8 Å². The summed E-state index contributed by atoms with van der Waals surface area (Å²) in [6.45, 7) is 0. The maximum atomic E-state index is 11.8. The quantitative estimate of drug-likeness (QED) is 0.900. The highest BCUT2D eigenvalue weighted by molar-refractivity contribution is 7.14. The van der Waals surface area contributed by atoms with Crippen LogP contribution in [0.5, 0.6) is 0 Å². The van der Waals surface area contributed by atoms with Crippen LogP contribution in [-0.2, 0) is 0 Å². The minimum absolute atomic E-state index is 0.0373. The highest BCUT2D eigenvalue weighted by atomic mass is 35.5. The Morgan fingerprint density at radius 3 is 2.67 bits per heavy atom. The molecule has 0 saturated carbocycles. The molecular weight excluding hydrogens is 278 g/mol. The fraction of sp³-hybridized carbons (Fsp3) is 0. The van der Waals surface area contributed by atoms with Crippen LogP contribution in [0.4, 0.5) is 5.00 Å². The third-order valence-corrected chi connectivity index (χ3v) is 3.02. The topological polar surface area (TPSA) is 92.2 Å². The molecule has 92 valence electrons. The second kappa shape index (κ2) is 5.11. The van der Waals surface area contributed by atoms with Crippen molar-refractivity contribution in [2.24, 2.45) is 0 Å². The molecule has 2 aromatic rings. The minimum atomic E-state index is -1.10. The van der Waals surface area contributed by atoms with Gasteiger partial charge in [-0.3, -0.25) is 4.79 Å². The van der Waals surface area contributed by atoms with Crippen LogP contribution < -0.4 is 5.32 Å². The Balaban J connectivity index is 2.19. The average Bonchev–Trinajstić information content (AvgIpc) is 2.78. The van der Waals surface area contributed by atoms with Crippen LogP contribution in [0.2, 0.25) is 5.15 Å². The lowest BCUT2D eigenvalue weighted by atomic mass is 10.3. The molecule has 0 aromatic carbocycles. The molecule has 0 atom stereocenters. The van der Waals surface area contributed by atoms with Crippen molar-refractivity contribution in [1.82, 2.24) is 10.2 Å². The lowest BCUT2D eigenvalue weighted by Gasteiger charge is -2.02. The van der Waals surface area contributed by atoms with E-state index < -0.39 is 11.9 Å². The number of nitrogens with one attached hydrogen (secondary N) is 1. The number of halogens is 1. The van der Waals surface area contributed by atoms with Gasteiger partial charge in [0.05, 0.1) is 5.56 Å². The van der Waals surface area contributed by atoms with E-state index in [1.54, 1.807) is 5.38 Å². The Labute approximate surface area is 110 Å². The lowest BCUT2D eigenvalue weighted by molar-refractivity contribution is 0.0698. The molecule has 0 fully saturated rings. The lowest BCUT2D eigenvalue weighted by Crippen LogP contribution is -2.15. The summed E-state index contributed by atoms with van der Waals surface area (Å²) in [6.07, 6.45) is 0. The summed E-state index contributed by atoms with van der Waals surface area (Å²) in [7, 11) is 0. The molecule has 0 spiro atoms. The molecular formula is C10H6ClN3O3S. The van der Waals surface area contributed by atoms with Crippen molar-refractivity contribution in [1.29, 1.82) is 0 Å². The first-order valence-electron chi connectivity index (χ1n) is 4.69. The maximum absolute atomic E-state index is 11.8. The van der Waals surface area contributed by atoms with Gasteiger partial charge in [-0.25, -0.2) is 4.79 Å². The van der Waals surface area contributed by atoms with Crippen LogP contribution >= 0.6 is 22.9 Å². The second-order valence-corrected chi connectivity index (χ2v) is 4.47. The number of carboxylic acids is 1. The number of hydrogen-bond acceptors (Lipinski definition) is 5. The number of aromatic carboxylic acids is 1. The van der Waals surface area contributed by atoms with E-state index in [0.29, 0.717) is 0 Å². The number of nitrogens with zero attached hydrogens (tertiary/aromatic N) is 2. The Morgan fingerprint density at radius 2 is 2.06 bits per heavy atom. The number of amides is 1. The van der Waals surface area contributed by atoms with Crippen LogP contribution in [0.15, 0.2) is 23.6 Å². The SMILES string of the molecule is O=C(Nc1sccc1C(=O)O)c1ccc(Cl)nn1. The summed E-state index contributed by atoms with van der Waals surface area (Å²) in [5.41, 5.74) is 0.0967. The second-order valence-electron chi connectivity index (χ2n) is 3.16. The van der Waals surface area contributed by atoms with Gasteiger partial charge in [0, 0.05) is 0 Å². The zero-order valence-electron chi connectivity index (χ0n) is 8.75. The summed E-state index contributed by atoms with van der Waals surface area (Å²) < 4.78 is 0. The first-order valence-corrected chi connectivity index (χ1v) is 5.95. The van der Waals surface area contributed by atoms with Gasteiger partial charge in [0.25, 0.3) is 5.91 Å². The Bertz CT molecular complexity index is 597. The van der Waals surface area contributed by atoms with E-state index in [1.165, 1.54) is 18.2 Å². The summed E-state index contributed by atoms with van der Waals surface area (Å²) in [5.74, 6) is -1.64. The van der Waals surface area contributed by atoms with E-state index in [1.807, 2.05) is 0 Å². The molecule has 2 aromatic heterocycles. The fourth-order valence-electron chi connectivity index (χ4n) is 1.18. The summed E-state index contributed by atoms with van der Waals surface area (Å²) in [6, 6.07) is 4.24. The maximum Gasteiger partial charge on any atom is 0.338 e. The zero-order valence-corrected chi connectivity index (χ0v) is 10.3. The summed E-state index contributed by atoms with van der Waals surface area (Å²) in [4.78, 5) is 22.6. The van der Waals surface area contributed by atoms with Gasteiger partial charge in [-0.2, -0.15) is 0 Å². The van der Waals surface area contributed by atoms with Gasteiger partial charge in [-0.05, 0) is 23.6 Å². The number of carbonyl (C=O) groups excluding carboxylic acids is 1. The first kappa shape index (κ1) is 12.5. The molecule has 2 N–H and O–H groups in total. The van der Waals surface area contributed by atoms with Gasteiger partial charge in [0.2, 0.25) is 0 Å². The number of hydrogen-bond donors (Lipinski definition) is 2. The molecule has 2 heterocycles. The third-order valence-electron chi connectivity index (χ3n) is 1.99. The molecule has 2 rings (SSSR count). The number of rotatable bonds is 3. The molecule has 0 bridgehead atoms. The van der Waals surface area contributed by atoms with Gasteiger partial charge < -0.3 is 10.4 Å². The molecule has 0 saturated heterocycles. The van der Waals surface area contributed by atoms with Crippen molar-refractivity contribution in [2.45, 2.75) is 0 Å². The average molecular weight is 284 g/mol. The van der Waals surface area contributed by atoms with E-state index in [9.17, 15) is 9.59 Å².